The second-order valence-electron chi connectivity index (χ2n) is 5.52. The number of carbonyl (C=O) groups is 2. The summed E-state index contributed by atoms with van der Waals surface area (Å²) in [6.45, 7) is 3.34. The number of halogens is 1. The third-order valence-electron chi connectivity index (χ3n) is 3.79. The van der Waals surface area contributed by atoms with Gasteiger partial charge in [0.2, 0.25) is 5.91 Å². The van der Waals surface area contributed by atoms with E-state index in [1.807, 2.05) is 0 Å². The molecule has 112 valence electrons. The van der Waals surface area contributed by atoms with E-state index in [1.54, 1.807) is 13.8 Å². The highest BCUT2D eigenvalue weighted by Crippen LogP contribution is 2.58. The number of nitro groups is 1. The van der Waals surface area contributed by atoms with Crippen LogP contribution in [0.3, 0.4) is 0 Å². The Kier molecular flexibility index (Phi) is 3.63. The summed E-state index contributed by atoms with van der Waals surface area (Å²) in [6, 6.07) is 3.80. The minimum atomic E-state index is -1.05. The smallest absolute Gasteiger partial charge is 0.307 e. The van der Waals surface area contributed by atoms with Crippen molar-refractivity contribution in [2.24, 2.45) is 17.3 Å². The van der Waals surface area contributed by atoms with Crippen LogP contribution in [0.25, 0.3) is 0 Å². The Morgan fingerprint density at radius 2 is 2.00 bits per heavy atom. The van der Waals surface area contributed by atoms with E-state index in [4.69, 9.17) is 16.7 Å². The average Bonchev–Trinajstić information content (AvgIpc) is 2.92. The van der Waals surface area contributed by atoms with Crippen molar-refractivity contribution in [3.05, 3.63) is 33.3 Å². The number of aliphatic carboxylic acids is 1. The molecule has 2 atom stereocenters. The molecule has 0 radical (unpaired) electrons. The third kappa shape index (κ3) is 2.69. The van der Waals surface area contributed by atoms with Gasteiger partial charge in [0.1, 0.15) is 5.69 Å². The number of benzene rings is 1. The highest BCUT2D eigenvalue weighted by molar-refractivity contribution is 6.31. The molecule has 1 saturated carbocycles. The van der Waals surface area contributed by atoms with E-state index in [0.717, 1.165) is 0 Å². The van der Waals surface area contributed by atoms with E-state index in [0.29, 0.717) is 0 Å². The van der Waals surface area contributed by atoms with E-state index in [1.165, 1.54) is 18.2 Å². The molecule has 0 unspecified atom stereocenters. The van der Waals surface area contributed by atoms with Crippen molar-refractivity contribution in [1.82, 2.24) is 0 Å². The van der Waals surface area contributed by atoms with Crippen molar-refractivity contribution in [3.63, 3.8) is 0 Å². The largest absolute Gasteiger partial charge is 0.481 e. The van der Waals surface area contributed by atoms with E-state index in [9.17, 15) is 19.7 Å². The Labute approximate surface area is 125 Å². The molecule has 1 aromatic rings. The van der Waals surface area contributed by atoms with Gasteiger partial charge in [-0.2, -0.15) is 0 Å². The van der Waals surface area contributed by atoms with Gasteiger partial charge in [-0.3, -0.25) is 19.7 Å². The van der Waals surface area contributed by atoms with Crippen LogP contribution in [0.4, 0.5) is 11.4 Å². The number of amides is 1. The van der Waals surface area contributed by atoms with Crippen molar-refractivity contribution >= 4 is 34.9 Å². The van der Waals surface area contributed by atoms with Gasteiger partial charge in [0.15, 0.2) is 0 Å². The standard InChI is InChI=1S/C13H13ClN2O5/c1-13(2)9(10(13)12(18)19)11(17)15-7-5-6(14)3-4-8(7)16(20)21/h3-5,9-10H,1-2H3,(H,15,17)(H,18,19)/t9-,10+/m1/s1. The highest BCUT2D eigenvalue weighted by atomic mass is 35.5. The molecule has 7 nitrogen and oxygen atoms in total. The fourth-order valence-electron chi connectivity index (χ4n) is 2.57. The van der Waals surface area contributed by atoms with Crippen LogP contribution in [-0.2, 0) is 9.59 Å². The van der Waals surface area contributed by atoms with E-state index in [-0.39, 0.29) is 16.4 Å². The van der Waals surface area contributed by atoms with Gasteiger partial charge in [0.05, 0.1) is 16.8 Å². The first-order valence-electron chi connectivity index (χ1n) is 6.14. The first-order valence-corrected chi connectivity index (χ1v) is 6.51. The molecule has 2 N–H and O–H groups in total. The number of nitrogens with one attached hydrogen (secondary N) is 1. The van der Waals surface area contributed by atoms with Crippen LogP contribution in [0.5, 0.6) is 0 Å². The minimum Gasteiger partial charge on any atom is -0.481 e. The molecule has 1 aliphatic rings. The van der Waals surface area contributed by atoms with Gasteiger partial charge in [0, 0.05) is 11.1 Å². The van der Waals surface area contributed by atoms with Crippen molar-refractivity contribution in [2.75, 3.05) is 5.32 Å². The highest BCUT2D eigenvalue weighted by Gasteiger charge is 2.66. The van der Waals surface area contributed by atoms with Crippen molar-refractivity contribution < 1.29 is 19.6 Å². The third-order valence-corrected chi connectivity index (χ3v) is 4.02. The summed E-state index contributed by atoms with van der Waals surface area (Å²) in [5, 5.41) is 22.6. The summed E-state index contributed by atoms with van der Waals surface area (Å²) in [5.74, 6) is -3.14. The van der Waals surface area contributed by atoms with Gasteiger partial charge < -0.3 is 10.4 Å². The van der Waals surface area contributed by atoms with Crippen LogP contribution in [-0.4, -0.2) is 21.9 Å². The van der Waals surface area contributed by atoms with Crippen LogP contribution in [0.2, 0.25) is 5.02 Å². The molecule has 8 heteroatoms. The lowest BCUT2D eigenvalue weighted by atomic mass is 10.1. The van der Waals surface area contributed by atoms with Gasteiger partial charge in [-0.1, -0.05) is 25.4 Å². The second kappa shape index (κ2) is 5.00. The average molecular weight is 313 g/mol. The normalized spacial score (nSPS) is 22.4. The first-order chi connectivity index (χ1) is 9.66. The molecule has 1 aliphatic carbocycles. The molecule has 1 aromatic carbocycles. The summed E-state index contributed by atoms with van der Waals surface area (Å²) in [7, 11) is 0. The Morgan fingerprint density at radius 1 is 1.38 bits per heavy atom. The Bertz CT molecular complexity index is 643. The number of hydrogen-bond donors (Lipinski definition) is 2. The maximum absolute atomic E-state index is 12.2. The molecule has 0 aliphatic heterocycles. The molecular weight excluding hydrogens is 300 g/mol. The molecule has 1 fully saturated rings. The van der Waals surface area contributed by atoms with Crippen LogP contribution >= 0.6 is 11.6 Å². The molecular formula is C13H13ClN2O5. The van der Waals surface area contributed by atoms with Crippen molar-refractivity contribution in [2.45, 2.75) is 13.8 Å². The van der Waals surface area contributed by atoms with Crippen LogP contribution in [0.1, 0.15) is 13.8 Å². The topological polar surface area (TPSA) is 110 Å². The van der Waals surface area contributed by atoms with Gasteiger partial charge in [0.25, 0.3) is 5.69 Å². The van der Waals surface area contributed by atoms with Crippen molar-refractivity contribution in [3.8, 4) is 0 Å². The second-order valence-corrected chi connectivity index (χ2v) is 5.96. The fourth-order valence-corrected chi connectivity index (χ4v) is 2.74. The molecule has 0 aromatic heterocycles. The number of nitro benzene ring substituents is 1. The quantitative estimate of drug-likeness (QED) is 0.655. The zero-order chi connectivity index (χ0) is 15.9. The van der Waals surface area contributed by atoms with Crippen LogP contribution < -0.4 is 5.32 Å². The number of carboxylic acid groups (broad SMARTS) is 1. The SMILES string of the molecule is CC1(C)[C@H](C(=O)O)[C@@H]1C(=O)Nc1cc(Cl)ccc1[N+](=O)[O-]. The fraction of sp³-hybridized carbons (Fsp3) is 0.385. The van der Waals surface area contributed by atoms with E-state index < -0.39 is 34.1 Å². The molecule has 0 spiro atoms. The van der Waals surface area contributed by atoms with Crippen LogP contribution in [0.15, 0.2) is 18.2 Å². The summed E-state index contributed by atoms with van der Waals surface area (Å²) in [5.41, 5.74) is -1.01. The van der Waals surface area contributed by atoms with Gasteiger partial charge >= 0.3 is 5.97 Å². The molecule has 21 heavy (non-hydrogen) atoms. The lowest BCUT2D eigenvalue weighted by molar-refractivity contribution is -0.383. The van der Waals surface area contributed by atoms with Gasteiger partial charge in [-0.15, -0.1) is 0 Å². The zero-order valence-corrected chi connectivity index (χ0v) is 12.0. The van der Waals surface area contributed by atoms with Gasteiger partial charge in [-0.05, 0) is 17.5 Å². The summed E-state index contributed by atoms with van der Waals surface area (Å²) >= 11 is 5.77. The lowest BCUT2D eigenvalue weighted by Gasteiger charge is -2.07. The summed E-state index contributed by atoms with van der Waals surface area (Å²) in [4.78, 5) is 33.5. The lowest BCUT2D eigenvalue weighted by Crippen LogP contribution is -2.18. The molecule has 1 amide bonds. The zero-order valence-electron chi connectivity index (χ0n) is 11.3. The van der Waals surface area contributed by atoms with Crippen molar-refractivity contribution in [1.29, 1.82) is 0 Å². The van der Waals surface area contributed by atoms with Crippen LogP contribution in [0, 0.1) is 27.4 Å². The Hall–Kier alpha value is -2.15. The number of carboxylic acids is 1. The number of anilines is 1. The number of rotatable bonds is 4. The number of nitrogens with zero attached hydrogens (tertiary/aromatic N) is 1. The Balaban J connectivity index is 2.24. The molecule has 0 bridgehead atoms. The maximum atomic E-state index is 12.2. The van der Waals surface area contributed by atoms with E-state index >= 15 is 0 Å². The number of carbonyl (C=O) groups excluding carboxylic acids is 1. The van der Waals surface area contributed by atoms with Gasteiger partial charge in [-0.25, -0.2) is 0 Å². The molecule has 0 heterocycles. The Morgan fingerprint density at radius 3 is 2.48 bits per heavy atom. The minimum absolute atomic E-state index is 0.0376. The molecule has 2 rings (SSSR count). The predicted molar refractivity (Wildman–Crippen MR) is 75.1 cm³/mol. The molecule has 0 saturated heterocycles. The number of hydrogen-bond acceptors (Lipinski definition) is 4. The monoisotopic (exact) mass is 312 g/mol. The maximum Gasteiger partial charge on any atom is 0.307 e. The summed E-state index contributed by atoms with van der Waals surface area (Å²) in [6.07, 6.45) is 0. The predicted octanol–water partition coefficient (Wildman–Crippen LogP) is 2.54. The van der Waals surface area contributed by atoms with E-state index in [2.05, 4.69) is 5.32 Å². The summed E-state index contributed by atoms with van der Waals surface area (Å²) < 4.78 is 0. The first kappa shape index (κ1) is 15.2.